The van der Waals surface area contributed by atoms with Crippen molar-refractivity contribution in [1.29, 1.82) is 0 Å². The van der Waals surface area contributed by atoms with Crippen molar-refractivity contribution in [1.82, 2.24) is 0 Å². The van der Waals surface area contributed by atoms with Crippen molar-refractivity contribution in [2.45, 2.75) is 19.8 Å². The molecule has 122 valence electrons. The number of unbranched alkanes of at least 4 members (excludes halogenated alkanes) is 1. The summed E-state index contributed by atoms with van der Waals surface area (Å²) in [6.07, 6.45) is 1.99. The molecular formula is C18H20BrNO3. The van der Waals surface area contributed by atoms with Gasteiger partial charge in [0.2, 0.25) is 0 Å². The highest BCUT2D eigenvalue weighted by atomic mass is 79.9. The third kappa shape index (κ3) is 4.99. The number of ether oxygens (including phenoxy) is 2. The van der Waals surface area contributed by atoms with Gasteiger partial charge in [0.1, 0.15) is 11.5 Å². The summed E-state index contributed by atoms with van der Waals surface area (Å²) >= 11 is 3.40. The van der Waals surface area contributed by atoms with Crippen molar-refractivity contribution in [3.05, 3.63) is 52.5 Å². The standard InChI is InChI=1S/C18H20BrNO3/c1-3-4-10-23-17-9-8-13(19)11-16(17)18(21)20-14-6-5-7-15(12-14)22-2/h5-9,11-12H,3-4,10H2,1-2H3,(H,20,21). The van der Waals surface area contributed by atoms with E-state index in [1.807, 2.05) is 24.3 Å². The fourth-order valence-corrected chi connectivity index (χ4v) is 2.39. The highest BCUT2D eigenvalue weighted by molar-refractivity contribution is 9.10. The Morgan fingerprint density at radius 1 is 1.22 bits per heavy atom. The summed E-state index contributed by atoms with van der Waals surface area (Å²) < 4.78 is 11.7. The summed E-state index contributed by atoms with van der Waals surface area (Å²) in [5.41, 5.74) is 1.17. The molecule has 0 radical (unpaired) electrons. The number of amides is 1. The fraction of sp³-hybridized carbons (Fsp3) is 0.278. The first-order valence-corrected chi connectivity index (χ1v) is 8.31. The number of rotatable bonds is 7. The molecule has 0 aliphatic heterocycles. The van der Waals surface area contributed by atoms with E-state index in [4.69, 9.17) is 9.47 Å². The molecule has 0 unspecified atom stereocenters. The van der Waals surface area contributed by atoms with Crippen molar-refractivity contribution in [3.8, 4) is 11.5 Å². The molecule has 0 aliphatic carbocycles. The second-order valence-electron chi connectivity index (χ2n) is 5.03. The van der Waals surface area contributed by atoms with E-state index >= 15 is 0 Å². The Kier molecular flexibility index (Phi) is 6.47. The number of methoxy groups -OCH3 is 1. The Morgan fingerprint density at radius 2 is 2.04 bits per heavy atom. The van der Waals surface area contributed by atoms with Crippen LogP contribution in [0.25, 0.3) is 0 Å². The SMILES string of the molecule is CCCCOc1ccc(Br)cc1C(=O)Nc1cccc(OC)c1. The molecule has 5 heteroatoms. The molecule has 2 aromatic carbocycles. The van der Waals surface area contributed by atoms with Crippen LogP contribution in [-0.2, 0) is 0 Å². The molecule has 23 heavy (non-hydrogen) atoms. The van der Waals surface area contributed by atoms with E-state index in [1.165, 1.54) is 0 Å². The lowest BCUT2D eigenvalue weighted by Crippen LogP contribution is -2.14. The predicted molar refractivity (Wildman–Crippen MR) is 95.5 cm³/mol. The minimum absolute atomic E-state index is 0.217. The number of carbonyl (C=O) groups excluding carboxylic acids is 1. The number of nitrogens with one attached hydrogen (secondary N) is 1. The second-order valence-corrected chi connectivity index (χ2v) is 5.94. The largest absolute Gasteiger partial charge is 0.497 e. The maximum absolute atomic E-state index is 12.6. The number of hydrogen-bond donors (Lipinski definition) is 1. The summed E-state index contributed by atoms with van der Waals surface area (Å²) in [5, 5.41) is 2.87. The molecule has 0 saturated carbocycles. The smallest absolute Gasteiger partial charge is 0.259 e. The van der Waals surface area contributed by atoms with E-state index in [2.05, 4.69) is 28.2 Å². The average Bonchev–Trinajstić information content (AvgIpc) is 2.56. The van der Waals surface area contributed by atoms with Crippen LogP contribution in [0, 0.1) is 0 Å². The van der Waals surface area contributed by atoms with Crippen LogP contribution in [0.5, 0.6) is 11.5 Å². The first-order valence-electron chi connectivity index (χ1n) is 7.51. The normalized spacial score (nSPS) is 10.2. The van der Waals surface area contributed by atoms with Crippen LogP contribution in [0.2, 0.25) is 0 Å². The molecule has 0 fully saturated rings. The van der Waals surface area contributed by atoms with Gasteiger partial charge in [-0.1, -0.05) is 35.3 Å². The monoisotopic (exact) mass is 377 g/mol. The Hall–Kier alpha value is -2.01. The summed E-state index contributed by atoms with van der Waals surface area (Å²) in [6.45, 7) is 2.69. The van der Waals surface area contributed by atoms with Gasteiger partial charge in [0, 0.05) is 16.2 Å². The van der Waals surface area contributed by atoms with Crippen LogP contribution >= 0.6 is 15.9 Å². The maximum atomic E-state index is 12.6. The van der Waals surface area contributed by atoms with Gasteiger partial charge in [0.25, 0.3) is 5.91 Å². The van der Waals surface area contributed by atoms with E-state index < -0.39 is 0 Å². The molecule has 2 rings (SSSR count). The van der Waals surface area contributed by atoms with Gasteiger partial charge in [-0.05, 0) is 36.8 Å². The molecule has 1 N–H and O–H groups in total. The Morgan fingerprint density at radius 3 is 2.78 bits per heavy atom. The molecule has 0 bridgehead atoms. The van der Waals surface area contributed by atoms with E-state index in [-0.39, 0.29) is 5.91 Å². The molecule has 4 nitrogen and oxygen atoms in total. The van der Waals surface area contributed by atoms with E-state index in [1.54, 1.807) is 25.3 Å². The van der Waals surface area contributed by atoms with Gasteiger partial charge in [-0.2, -0.15) is 0 Å². The van der Waals surface area contributed by atoms with Gasteiger partial charge in [-0.25, -0.2) is 0 Å². The number of carbonyl (C=O) groups is 1. The summed E-state index contributed by atoms with van der Waals surface area (Å²) in [5.74, 6) is 1.06. The molecule has 0 aliphatic rings. The molecule has 0 atom stereocenters. The number of anilines is 1. The molecule has 0 saturated heterocycles. The molecule has 1 amide bonds. The first-order chi connectivity index (χ1) is 11.1. The first kappa shape index (κ1) is 17.3. The molecular weight excluding hydrogens is 358 g/mol. The molecule has 0 aromatic heterocycles. The molecule has 2 aromatic rings. The number of benzene rings is 2. The second kappa shape index (κ2) is 8.58. The number of halogens is 1. The number of hydrogen-bond acceptors (Lipinski definition) is 3. The van der Waals surface area contributed by atoms with Gasteiger partial charge >= 0.3 is 0 Å². The average molecular weight is 378 g/mol. The van der Waals surface area contributed by atoms with Crippen molar-refractivity contribution in [3.63, 3.8) is 0 Å². The van der Waals surface area contributed by atoms with Crippen LogP contribution in [0.3, 0.4) is 0 Å². The van der Waals surface area contributed by atoms with Crippen LogP contribution in [0.15, 0.2) is 46.9 Å². The Balaban J connectivity index is 2.18. The van der Waals surface area contributed by atoms with Crippen LogP contribution in [-0.4, -0.2) is 19.6 Å². The Labute approximate surface area is 144 Å². The third-order valence-electron chi connectivity index (χ3n) is 3.27. The fourth-order valence-electron chi connectivity index (χ4n) is 2.03. The van der Waals surface area contributed by atoms with Gasteiger partial charge in [0.05, 0.1) is 19.3 Å². The lowest BCUT2D eigenvalue weighted by atomic mass is 10.1. The summed E-state index contributed by atoms with van der Waals surface area (Å²) in [4.78, 5) is 12.6. The van der Waals surface area contributed by atoms with Crippen molar-refractivity contribution < 1.29 is 14.3 Å². The van der Waals surface area contributed by atoms with E-state index in [0.29, 0.717) is 29.4 Å². The summed E-state index contributed by atoms with van der Waals surface area (Å²) in [7, 11) is 1.59. The molecule has 0 heterocycles. The van der Waals surface area contributed by atoms with Crippen molar-refractivity contribution >= 4 is 27.5 Å². The zero-order valence-electron chi connectivity index (χ0n) is 13.3. The maximum Gasteiger partial charge on any atom is 0.259 e. The Bertz CT molecular complexity index is 673. The predicted octanol–water partition coefficient (Wildman–Crippen LogP) is 4.89. The molecule has 0 spiro atoms. The summed E-state index contributed by atoms with van der Waals surface area (Å²) in [6, 6.07) is 12.7. The van der Waals surface area contributed by atoms with Crippen LogP contribution in [0.4, 0.5) is 5.69 Å². The lowest BCUT2D eigenvalue weighted by molar-refractivity contribution is 0.102. The van der Waals surface area contributed by atoms with Crippen LogP contribution < -0.4 is 14.8 Å². The van der Waals surface area contributed by atoms with E-state index in [9.17, 15) is 4.79 Å². The van der Waals surface area contributed by atoms with Gasteiger partial charge in [-0.15, -0.1) is 0 Å². The highest BCUT2D eigenvalue weighted by Gasteiger charge is 2.14. The quantitative estimate of drug-likeness (QED) is 0.698. The minimum atomic E-state index is -0.217. The van der Waals surface area contributed by atoms with Crippen LogP contribution in [0.1, 0.15) is 30.1 Å². The third-order valence-corrected chi connectivity index (χ3v) is 3.76. The van der Waals surface area contributed by atoms with Gasteiger partial charge in [-0.3, -0.25) is 4.79 Å². The minimum Gasteiger partial charge on any atom is -0.497 e. The van der Waals surface area contributed by atoms with Gasteiger partial charge in [0.15, 0.2) is 0 Å². The zero-order valence-corrected chi connectivity index (χ0v) is 14.9. The van der Waals surface area contributed by atoms with Crippen molar-refractivity contribution in [2.75, 3.05) is 19.0 Å². The topological polar surface area (TPSA) is 47.6 Å². The lowest BCUT2D eigenvalue weighted by Gasteiger charge is -2.12. The van der Waals surface area contributed by atoms with Gasteiger partial charge < -0.3 is 14.8 Å². The van der Waals surface area contributed by atoms with Crippen molar-refractivity contribution in [2.24, 2.45) is 0 Å². The zero-order chi connectivity index (χ0) is 16.7. The highest BCUT2D eigenvalue weighted by Crippen LogP contribution is 2.25. The van der Waals surface area contributed by atoms with E-state index in [0.717, 1.165) is 17.3 Å².